The molecule has 0 unspecified atom stereocenters. The summed E-state index contributed by atoms with van der Waals surface area (Å²) in [5.74, 6) is -0.723. The van der Waals surface area contributed by atoms with Crippen LogP contribution in [0.4, 0.5) is 5.13 Å². The van der Waals surface area contributed by atoms with E-state index in [1.807, 2.05) is 44.2 Å². The van der Waals surface area contributed by atoms with Gasteiger partial charge in [-0.3, -0.25) is 20.4 Å². The molecule has 2 heterocycles. The lowest BCUT2D eigenvalue weighted by atomic mass is 9.84. The van der Waals surface area contributed by atoms with Crippen molar-refractivity contribution >= 4 is 28.3 Å². The number of benzene rings is 1. The van der Waals surface area contributed by atoms with E-state index in [0.717, 1.165) is 23.8 Å². The van der Waals surface area contributed by atoms with Crippen LogP contribution in [-0.2, 0) is 14.9 Å². The molecule has 0 atom stereocenters. The number of hydrazine groups is 1. The first-order valence-corrected chi connectivity index (χ1v) is 9.31. The summed E-state index contributed by atoms with van der Waals surface area (Å²) in [6, 6.07) is 9.43. The minimum atomic E-state index is -0.768. The Labute approximate surface area is 156 Å². The number of ether oxygens (including phenoxy) is 1. The van der Waals surface area contributed by atoms with Crippen LogP contribution in [0.25, 0.3) is 0 Å². The molecule has 0 saturated carbocycles. The molecule has 2 N–H and O–H groups in total. The standard InChI is InChI=1S/C18H22N4O3S/c1-18(2,13-6-4-3-5-7-13)16(24)21-20-15(23)14-12-26-17(19-14)22-8-10-25-11-9-22/h3-7,12H,8-11H2,1-2H3,(H,20,23)(H,21,24). The summed E-state index contributed by atoms with van der Waals surface area (Å²) in [5.41, 5.74) is 5.34. The van der Waals surface area contributed by atoms with Gasteiger partial charge in [0.2, 0.25) is 5.91 Å². The van der Waals surface area contributed by atoms with E-state index >= 15 is 0 Å². The molecular weight excluding hydrogens is 352 g/mol. The van der Waals surface area contributed by atoms with Gasteiger partial charge in [-0.25, -0.2) is 4.98 Å². The second kappa shape index (κ2) is 7.84. The molecule has 1 aliphatic rings. The van der Waals surface area contributed by atoms with E-state index in [-0.39, 0.29) is 11.6 Å². The predicted molar refractivity (Wildman–Crippen MR) is 100 cm³/mol. The van der Waals surface area contributed by atoms with Gasteiger partial charge in [-0.2, -0.15) is 0 Å². The number of nitrogens with zero attached hydrogens (tertiary/aromatic N) is 2. The Hall–Kier alpha value is -2.45. The molecule has 0 bridgehead atoms. The number of anilines is 1. The Morgan fingerprint density at radius 3 is 2.54 bits per heavy atom. The first kappa shape index (κ1) is 18.3. The van der Waals surface area contributed by atoms with Crippen LogP contribution in [0.1, 0.15) is 29.9 Å². The van der Waals surface area contributed by atoms with Crippen LogP contribution in [0.3, 0.4) is 0 Å². The van der Waals surface area contributed by atoms with Crippen molar-refractivity contribution in [2.75, 3.05) is 31.2 Å². The largest absolute Gasteiger partial charge is 0.378 e. The zero-order valence-electron chi connectivity index (χ0n) is 14.8. The third-order valence-electron chi connectivity index (χ3n) is 4.36. The Morgan fingerprint density at radius 1 is 1.15 bits per heavy atom. The number of carbonyl (C=O) groups is 2. The highest BCUT2D eigenvalue weighted by molar-refractivity contribution is 7.13. The highest BCUT2D eigenvalue weighted by Gasteiger charge is 2.30. The van der Waals surface area contributed by atoms with E-state index in [4.69, 9.17) is 4.74 Å². The molecule has 1 aliphatic heterocycles. The Morgan fingerprint density at radius 2 is 1.85 bits per heavy atom. The molecule has 1 saturated heterocycles. The van der Waals surface area contributed by atoms with Gasteiger partial charge in [0, 0.05) is 18.5 Å². The molecule has 8 heteroatoms. The molecule has 0 radical (unpaired) electrons. The van der Waals surface area contributed by atoms with Crippen LogP contribution >= 0.6 is 11.3 Å². The fourth-order valence-electron chi connectivity index (χ4n) is 2.59. The van der Waals surface area contributed by atoms with Gasteiger partial charge >= 0.3 is 0 Å². The maximum atomic E-state index is 12.5. The van der Waals surface area contributed by atoms with Gasteiger partial charge in [0.15, 0.2) is 5.13 Å². The van der Waals surface area contributed by atoms with Crippen LogP contribution in [-0.4, -0.2) is 43.1 Å². The topological polar surface area (TPSA) is 83.6 Å². The van der Waals surface area contributed by atoms with Crippen LogP contribution < -0.4 is 15.8 Å². The molecule has 138 valence electrons. The van der Waals surface area contributed by atoms with E-state index in [1.165, 1.54) is 11.3 Å². The number of nitrogens with one attached hydrogen (secondary N) is 2. The molecule has 2 aromatic rings. The summed E-state index contributed by atoms with van der Waals surface area (Å²) in [5, 5.41) is 2.48. The van der Waals surface area contributed by atoms with Gasteiger partial charge < -0.3 is 9.64 Å². The third-order valence-corrected chi connectivity index (χ3v) is 5.26. The molecule has 1 fully saturated rings. The maximum Gasteiger partial charge on any atom is 0.289 e. The Balaban J connectivity index is 1.58. The average Bonchev–Trinajstić information content (AvgIpc) is 3.17. The lowest BCUT2D eigenvalue weighted by Gasteiger charge is -2.26. The van der Waals surface area contributed by atoms with Crippen LogP contribution in [0.5, 0.6) is 0 Å². The van der Waals surface area contributed by atoms with E-state index in [1.54, 1.807) is 5.38 Å². The fourth-order valence-corrected chi connectivity index (χ4v) is 3.45. The summed E-state index contributed by atoms with van der Waals surface area (Å²) >= 11 is 1.41. The lowest BCUT2D eigenvalue weighted by molar-refractivity contribution is -0.126. The summed E-state index contributed by atoms with van der Waals surface area (Å²) in [6.07, 6.45) is 0. The SMILES string of the molecule is CC(C)(C(=O)NNC(=O)c1csc(N2CCOCC2)n1)c1ccccc1. The van der Waals surface area contributed by atoms with E-state index in [0.29, 0.717) is 13.2 Å². The van der Waals surface area contributed by atoms with E-state index < -0.39 is 11.3 Å². The maximum absolute atomic E-state index is 12.5. The van der Waals surface area contributed by atoms with Gasteiger partial charge in [0.1, 0.15) is 5.69 Å². The number of amides is 2. The second-order valence-electron chi connectivity index (χ2n) is 6.51. The smallest absolute Gasteiger partial charge is 0.289 e. The molecule has 0 spiro atoms. The fraction of sp³-hybridized carbons (Fsp3) is 0.389. The number of hydrogen-bond donors (Lipinski definition) is 2. The zero-order chi connectivity index (χ0) is 18.6. The number of aromatic nitrogens is 1. The second-order valence-corrected chi connectivity index (χ2v) is 7.35. The lowest BCUT2D eigenvalue weighted by Crippen LogP contribution is -2.49. The van der Waals surface area contributed by atoms with Crippen molar-refractivity contribution in [2.24, 2.45) is 0 Å². The summed E-state index contributed by atoms with van der Waals surface area (Å²) in [4.78, 5) is 31.2. The first-order chi connectivity index (χ1) is 12.5. The number of hydrogen-bond acceptors (Lipinski definition) is 6. The van der Waals surface area contributed by atoms with E-state index in [2.05, 4.69) is 20.7 Å². The number of thiazole rings is 1. The molecular formula is C18H22N4O3S. The highest BCUT2D eigenvalue weighted by atomic mass is 32.1. The highest BCUT2D eigenvalue weighted by Crippen LogP contribution is 2.23. The molecule has 1 aromatic heterocycles. The van der Waals surface area contributed by atoms with Gasteiger partial charge in [-0.05, 0) is 19.4 Å². The zero-order valence-corrected chi connectivity index (χ0v) is 15.6. The van der Waals surface area contributed by atoms with Crippen LogP contribution in [0.15, 0.2) is 35.7 Å². The minimum absolute atomic E-state index is 0.286. The van der Waals surface area contributed by atoms with Crippen molar-refractivity contribution in [1.29, 1.82) is 0 Å². The molecule has 26 heavy (non-hydrogen) atoms. The van der Waals surface area contributed by atoms with Crippen LogP contribution in [0, 0.1) is 0 Å². The van der Waals surface area contributed by atoms with Crippen molar-refractivity contribution in [3.63, 3.8) is 0 Å². The average molecular weight is 374 g/mol. The molecule has 3 rings (SSSR count). The summed E-state index contributed by atoms with van der Waals surface area (Å²) in [6.45, 7) is 6.46. The Bertz CT molecular complexity index is 770. The predicted octanol–water partition coefficient (Wildman–Crippen LogP) is 1.72. The van der Waals surface area contributed by atoms with Gasteiger partial charge in [0.05, 0.1) is 18.6 Å². The summed E-state index contributed by atoms with van der Waals surface area (Å²) in [7, 11) is 0. The van der Waals surface area contributed by atoms with Crippen molar-refractivity contribution < 1.29 is 14.3 Å². The number of carbonyl (C=O) groups excluding carboxylic acids is 2. The minimum Gasteiger partial charge on any atom is -0.378 e. The molecule has 7 nitrogen and oxygen atoms in total. The molecule has 2 amide bonds. The summed E-state index contributed by atoms with van der Waals surface area (Å²) < 4.78 is 5.32. The monoisotopic (exact) mass is 374 g/mol. The molecule has 1 aromatic carbocycles. The van der Waals surface area contributed by atoms with Gasteiger partial charge in [-0.1, -0.05) is 30.3 Å². The van der Waals surface area contributed by atoms with Crippen molar-refractivity contribution in [2.45, 2.75) is 19.3 Å². The van der Waals surface area contributed by atoms with Crippen molar-refractivity contribution in [3.8, 4) is 0 Å². The van der Waals surface area contributed by atoms with E-state index in [9.17, 15) is 9.59 Å². The molecule has 0 aliphatic carbocycles. The quantitative estimate of drug-likeness (QED) is 0.796. The van der Waals surface area contributed by atoms with Gasteiger partial charge in [0.25, 0.3) is 5.91 Å². The first-order valence-electron chi connectivity index (χ1n) is 8.43. The van der Waals surface area contributed by atoms with Crippen LogP contribution in [0.2, 0.25) is 0 Å². The number of rotatable bonds is 4. The normalized spacial score (nSPS) is 14.8. The van der Waals surface area contributed by atoms with Crippen molar-refractivity contribution in [1.82, 2.24) is 15.8 Å². The third kappa shape index (κ3) is 4.03. The van der Waals surface area contributed by atoms with Gasteiger partial charge in [-0.15, -0.1) is 11.3 Å². The Kier molecular flexibility index (Phi) is 5.53. The van der Waals surface area contributed by atoms with Crippen molar-refractivity contribution in [3.05, 3.63) is 47.0 Å². The number of morpholine rings is 1.